The topological polar surface area (TPSA) is 207 Å². The molecule has 532 valence electrons. The number of aromatic nitrogens is 8. The molecule has 10 aromatic heterocycles. The van der Waals surface area contributed by atoms with Gasteiger partial charge in [-0.1, -0.05) is 89.3 Å². The van der Waals surface area contributed by atoms with Crippen molar-refractivity contribution in [2.75, 3.05) is 14.2 Å². The number of H-pyrrole nitrogens is 3. The number of rotatable bonds is 5. The van der Waals surface area contributed by atoms with E-state index in [1.165, 1.54) is 44.8 Å². The van der Waals surface area contributed by atoms with Crippen LogP contribution in [0.2, 0.25) is 10.0 Å². The lowest BCUT2D eigenvalue weighted by Crippen LogP contribution is -2.29. The van der Waals surface area contributed by atoms with Crippen LogP contribution in [0.3, 0.4) is 0 Å². The summed E-state index contributed by atoms with van der Waals surface area (Å²) in [4.78, 5) is 39.3. The predicted octanol–water partition coefficient (Wildman–Crippen LogP) is 21.9. The standard InChI is InChI=1S/C10H8FN.C10H11NO2.C9H9BClNO2.C9H5BrFN.C9H7ClIN.C9H5IN2.C9H6N2.C9H9NO3.4CH4/c1-7-2-3-8-6-9(11)4-5-10(8)12-7;1-7-5-8(6-12-2)9-3-4-13-10(9)11-7;1-12-5-8(10(13)14)7-3-2-6(11)4-9(7)12;10-9-4-1-6-5-7(11)2-3-8(6)12-9;1-12-5-8(11)7-3-2-6(10)4-9(7)12;1-11-6-2-3-9-7(4-6)8(10)5-12-9;1-10-8-2-3-9-7(6-8)4-5-11-9;1-12-5-6-4-8(11)10-9-7(6)2-3-13-9;;;;/h2-6H,1H3;3-5H,6H2,1-2H3;2-5,13-14H,1H3;1-5H;2-5H,1H3;2-5,12H;2-6,11H;2-4H,5H2,1H3,(H,10,11);4*1H4. The zero-order valence-electron chi connectivity index (χ0n) is 53.8. The molecule has 0 bridgehead atoms. The van der Waals surface area contributed by atoms with Crippen LogP contribution in [0.4, 0.5) is 20.2 Å². The number of nitrogens with zero attached hydrogens (tertiary/aromatic N) is 7. The second-order valence-corrected chi connectivity index (χ2v) is 25.8. The Morgan fingerprint density at radius 2 is 1.16 bits per heavy atom. The van der Waals surface area contributed by atoms with Crippen LogP contribution in [0.15, 0.2) is 219 Å². The lowest BCUT2D eigenvalue weighted by Gasteiger charge is -2.01. The average Bonchev–Trinajstić information content (AvgIpc) is 1.67. The second kappa shape index (κ2) is 40.0. The van der Waals surface area contributed by atoms with Crippen molar-refractivity contribution in [1.82, 2.24) is 39.0 Å². The van der Waals surface area contributed by atoms with Gasteiger partial charge in [0.25, 0.3) is 5.56 Å². The molecule has 0 spiro atoms. The Morgan fingerprint density at radius 3 is 1.80 bits per heavy atom. The van der Waals surface area contributed by atoms with Gasteiger partial charge in [0.1, 0.15) is 16.2 Å². The zero-order chi connectivity index (χ0) is 70.9. The molecule has 0 saturated heterocycles. The number of benzene rings is 6. The van der Waals surface area contributed by atoms with Crippen LogP contribution in [0, 0.1) is 45.8 Å². The van der Waals surface area contributed by atoms with Gasteiger partial charge in [-0.2, -0.15) is 0 Å². The Morgan fingerprint density at radius 1 is 0.583 bits per heavy atom. The number of methoxy groups -OCH3 is 2. The van der Waals surface area contributed by atoms with Crippen molar-refractivity contribution < 1.29 is 37.1 Å². The fraction of sp³-hybridized carbons (Fsp3) is 0.154. The maximum absolute atomic E-state index is 12.7. The molecule has 0 atom stereocenters. The summed E-state index contributed by atoms with van der Waals surface area (Å²) in [5.41, 5.74) is 12.7. The Hall–Kier alpha value is -9.26. The van der Waals surface area contributed by atoms with Crippen LogP contribution in [-0.2, 0) is 36.8 Å². The molecule has 0 fully saturated rings. The van der Waals surface area contributed by atoms with E-state index < -0.39 is 7.12 Å². The molecule has 16 rings (SSSR count). The molecule has 5 N–H and O–H groups in total. The van der Waals surface area contributed by atoms with E-state index in [0.29, 0.717) is 46.5 Å². The minimum atomic E-state index is -1.44. The molecule has 0 unspecified atom stereocenters. The molecule has 0 radical (unpaired) electrons. The quantitative estimate of drug-likeness (QED) is 0.0477. The van der Waals surface area contributed by atoms with Crippen molar-refractivity contribution in [3.05, 3.63) is 290 Å². The van der Waals surface area contributed by atoms with Gasteiger partial charge in [-0.05, 0) is 218 Å². The van der Waals surface area contributed by atoms with E-state index in [1.54, 1.807) is 75.4 Å². The third-order valence-corrected chi connectivity index (χ3v) is 17.5. The van der Waals surface area contributed by atoms with Gasteiger partial charge in [0.2, 0.25) is 11.4 Å². The number of pyridine rings is 4. The van der Waals surface area contributed by atoms with E-state index in [-0.39, 0.29) is 46.9 Å². The first-order chi connectivity index (χ1) is 47.6. The Balaban J connectivity index is 0.000000211. The van der Waals surface area contributed by atoms with Gasteiger partial charge in [0, 0.05) is 142 Å². The fourth-order valence-electron chi connectivity index (χ4n) is 10.2. The van der Waals surface area contributed by atoms with Crippen LogP contribution in [0.1, 0.15) is 52.2 Å². The molecule has 17 nitrogen and oxygen atoms in total. The minimum absolute atomic E-state index is 0. The first-order valence-electron chi connectivity index (χ1n) is 29.9. The number of halogens is 7. The number of hydrogen-bond acceptors (Lipinski definition) is 10. The van der Waals surface area contributed by atoms with E-state index in [4.69, 9.17) is 64.7 Å². The van der Waals surface area contributed by atoms with Gasteiger partial charge in [-0.3, -0.25) is 14.8 Å². The van der Waals surface area contributed by atoms with Gasteiger partial charge in [0.15, 0.2) is 11.4 Å². The lowest BCUT2D eigenvalue weighted by atomic mass is 9.80. The minimum Gasteiger partial charge on any atom is -0.448 e. The van der Waals surface area contributed by atoms with Gasteiger partial charge in [-0.25, -0.2) is 28.4 Å². The first-order valence-corrected chi connectivity index (χ1v) is 33.6. The highest BCUT2D eigenvalue weighted by Crippen LogP contribution is 2.28. The molecule has 10 heterocycles. The van der Waals surface area contributed by atoms with Gasteiger partial charge >= 0.3 is 7.12 Å². The average molecular weight is 1720 g/mol. The van der Waals surface area contributed by atoms with E-state index in [2.05, 4.69) is 118 Å². The van der Waals surface area contributed by atoms with Crippen LogP contribution >= 0.6 is 84.3 Å². The molecular weight excluding hydrogens is 1640 g/mol. The molecule has 0 amide bonds. The molecule has 103 heavy (non-hydrogen) atoms. The van der Waals surface area contributed by atoms with Crippen molar-refractivity contribution >= 4 is 196 Å². The number of aromatic amines is 3. The SMILES string of the molecule is C.C.C.C.COCc1cc(=O)[nH]c2occc12.COCc1cc(C)nc2occc12.Cc1ccc2cc(F)ccc2n1.Cn1cc(B(O)O)c2ccc(Cl)cc21.Cn1cc(I)c2ccc(Cl)cc21.Fc1ccc2nc(Br)ccc2c1.[C-]#[N+]c1ccc2[nH]cc(I)c2c1.[C-]#[N+]c1ccc2[nH]ccc2c1. The molecule has 25 heteroatoms. The van der Waals surface area contributed by atoms with Gasteiger partial charge < -0.3 is 47.5 Å². The molecule has 6 aromatic carbocycles. The van der Waals surface area contributed by atoms with Crippen molar-refractivity contribution in [2.45, 2.75) is 56.8 Å². The Labute approximate surface area is 642 Å². The summed E-state index contributed by atoms with van der Waals surface area (Å²) in [6.45, 7) is 18.5. The molecule has 0 aliphatic carbocycles. The third-order valence-electron chi connectivity index (χ3n) is 14.8. The Bertz CT molecular complexity index is 5460. The highest BCUT2D eigenvalue weighted by Gasteiger charge is 2.18. The van der Waals surface area contributed by atoms with Crippen molar-refractivity contribution in [3.63, 3.8) is 0 Å². The number of furan rings is 2. The molecule has 16 aromatic rings. The number of fused-ring (bicyclic) bond motifs is 8. The summed E-state index contributed by atoms with van der Waals surface area (Å²) in [6.07, 6.45) is 10.8. The van der Waals surface area contributed by atoms with Crippen molar-refractivity contribution in [2.24, 2.45) is 14.1 Å². The van der Waals surface area contributed by atoms with Crippen LogP contribution in [0.5, 0.6) is 0 Å². The largest absolute Gasteiger partial charge is 0.490 e. The van der Waals surface area contributed by atoms with Crippen molar-refractivity contribution in [3.8, 4) is 0 Å². The fourth-order valence-corrected chi connectivity index (χ4v) is 12.3. The molecule has 0 aliphatic rings. The smallest absolute Gasteiger partial charge is 0.448 e. The number of hydrogen-bond donors (Lipinski definition) is 5. The van der Waals surface area contributed by atoms with E-state index in [1.807, 2.05) is 130 Å². The summed E-state index contributed by atoms with van der Waals surface area (Å²) in [5, 5.41) is 27.5. The summed E-state index contributed by atoms with van der Waals surface area (Å²) < 4.78 is 52.9. The Kier molecular flexibility index (Phi) is 32.8. The maximum atomic E-state index is 12.7. The summed E-state index contributed by atoms with van der Waals surface area (Å²) >= 11 is 19.6. The number of aryl methyl sites for hydroxylation is 4. The predicted molar refractivity (Wildman–Crippen MR) is 440 cm³/mol. The molecule has 0 aliphatic heterocycles. The molecule has 0 saturated carbocycles. The highest BCUT2D eigenvalue weighted by molar-refractivity contribution is 14.1. The maximum Gasteiger partial charge on any atom is 0.490 e. The van der Waals surface area contributed by atoms with Crippen LogP contribution < -0.4 is 11.0 Å². The third kappa shape index (κ3) is 22.6. The second-order valence-electron chi connectivity index (χ2n) is 21.8. The number of ether oxygens (including phenoxy) is 2. The summed E-state index contributed by atoms with van der Waals surface area (Å²) in [6, 6.07) is 48.3. The van der Waals surface area contributed by atoms with E-state index >= 15 is 0 Å². The van der Waals surface area contributed by atoms with E-state index in [0.717, 1.165) is 101 Å². The van der Waals surface area contributed by atoms with Crippen LogP contribution in [0.25, 0.3) is 97.3 Å². The van der Waals surface area contributed by atoms with Gasteiger partial charge in [0.05, 0.1) is 55.4 Å². The lowest BCUT2D eigenvalue weighted by molar-refractivity contribution is 0.186. The normalized spacial score (nSPS) is 10.1. The highest BCUT2D eigenvalue weighted by atomic mass is 127. The number of nitrogens with one attached hydrogen (secondary N) is 3. The van der Waals surface area contributed by atoms with Crippen LogP contribution in [-0.4, -0.2) is 70.4 Å². The molecular formula is C78H76BBrCl2F2I2N10O7. The van der Waals surface area contributed by atoms with E-state index in [9.17, 15) is 13.6 Å². The van der Waals surface area contributed by atoms with Crippen molar-refractivity contribution in [1.29, 1.82) is 0 Å². The zero-order valence-corrected chi connectivity index (χ0v) is 61.2. The summed E-state index contributed by atoms with van der Waals surface area (Å²) in [7, 11) is 5.69. The first kappa shape index (κ1) is 84.4. The monoisotopic (exact) mass is 1720 g/mol. The summed E-state index contributed by atoms with van der Waals surface area (Å²) in [5.74, 6) is -0.445. The van der Waals surface area contributed by atoms with Gasteiger partial charge in [-0.15, -0.1) is 0 Å².